The monoisotopic (exact) mass is 672 g/mol. The van der Waals surface area contributed by atoms with Crippen LogP contribution in [0.3, 0.4) is 0 Å². The van der Waals surface area contributed by atoms with Crippen LogP contribution in [0.2, 0.25) is 0 Å². The largest absolute Gasteiger partial charge is 0.444 e. The summed E-state index contributed by atoms with van der Waals surface area (Å²) in [4.78, 5) is 43.3. The molecule has 2 aromatic heterocycles. The Labute approximate surface area is 286 Å². The van der Waals surface area contributed by atoms with Crippen molar-refractivity contribution in [3.63, 3.8) is 0 Å². The predicted octanol–water partition coefficient (Wildman–Crippen LogP) is 6.53. The first kappa shape index (κ1) is 30.8. The third kappa shape index (κ3) is 4.23. The molecule has 50 heavy (non-hydrogen) atoms. The summed E-state index contributed by atoms with van der Waals surface area (Å²) < 4.78 is 22.5. The van der Waals surface area contributed by atoms with Gasteiger partial charge in [0.1, 0.15) is 24.7 Å². The molecule has 4 atom stereocenters. The summed E-state index contributed by atoms with van der Waals surface area (Å²) in [6, 6.07) is 24.2. The van der Waals surface area contributed by atoms with E-state index in [-0.39, 0.29) is 19.8 Å². The number of carbonyl (C=O) groups is 3. The SMILES string of the molecule is CC(C)(C)OC(=O)N[C@@H]1C[C@H]2O[C@@](C)([C@@H]1O)n1c3ccccc3c3c4c(c5c6ccccc6n2c5c31)C(=O)N(COCc1ccccc1)C4=O. The molecule has 11 nitrogen and oxygen atoms in total. The van der Waals surface area contributed by atoms with Crippen LogP contribution in [0.5, 0.6) is 0 Å². The average Bonchev–Trinajstić information content (AvgIpc) is 3.66. The molecule has 6 aromatic rings. The number of alkyl carbamates (subject to hydrolysis) is 1. The number of aliphatic hydroxyl groups is 1. The number of nitrogens with zero attached hydrogens (tertiary/aromatic N) is 3. The highest BCUT2D eigenvalue weighted by molar-refractivity contribution is 6.39. The molecule has 3 aliphatic heterocycles. The highest BCUT2D eigenvalue weighted by Gasteiger charge is 2.54. The number of nitrogens with one attached hydrogen (secondary N) is 1. The molecule has 2 bridgehead atoms. The number of fused-ring (bicyclic) bond motifs is 13. The Hall–Kier alpha value is -5.23. The van der Waals surface area contributed by atoms with Crippen molar-refractivity contribution in [1.82, 2.24) is 19.4 Å². The minimum Gasteiger partial charge on any atom is -0.444 e. The molecule has 254 valence electrons. The Morgan fingerprint density at radius 3 is 2.18 bits per heavy atom. The van der Waals surface area contributed by atoms with Crippen molar-refractivity contribution in [1.29, 1.82) is 0 Å². The lowest BCUT2D eigenvalue weighted by Gasteiger charge is -2.47. The van der Waals surface area contributed by atoms with Gasteiger partial charge in [0.15, 0.2) is 5.72 Å². The highest BCUT2D eigenvalue weighted by Crippen LogP contribution is 2.54. The second-order valence-electron chi connectivity index (χ2n) is 14.5. The van der Waals surface area contributed by atoms with Gasteiger partial charge in [-0.2, -0.15) is 0 Å². The zero-order valence-corrected chi connectivity index (χ0v) is 28.1. The quantitative estimate of drug-likeness (QED) is 0.200. The molecule has 0 saturated carbocycles. The fourth-order valence-corrected chi connectivity index (χ4v) is 8.27. The molecule has 5 heterocycles. The number of benzene rings is 4. The lowest BCUT2D eigenvalue weighted by atomic mass is 9.93. The van der Waals surface area contributed by atoms with Gasteiger partial charge in [0, 0.05) is 28.0 Å². The lowest BCUT2D eigenvalue weighted by molar-refractivity contribution is -0.249. The molecule has 2 N–H and O–H groups in total. The number of rotatable bonds is 5. The van der Waals surface area contributed by atoms with E-state index in [0.29, 0.717) is 32.9 Å². The van der Waals surface area contributed by atoms with E-state index < -0.39 is 47.6 Å². The number of hydrogen-bond donors (Lipinski definition) is 2. The Morgan fingerprint density at radius 2 is 1.50 bits per heavy atom. The van der Waals surface area contributed by atoms with Crippen LogP contribution >= 0.6 is 0 Å². The molecular weight excluding hydrogens is 636 g/mol. The summed E-state index contributed by atoms with van der Waals surface area (Å²) in [6.45, 7) is 7.20. The topological polar surface area (TPSA) is 124 Å². The summed E-state index contributed by atoms with van der Waals surface area (Å²) >= 11 is 0. The summed E-state index contributed by atoms with van der Waals surface area (Å²) in [5.41, 5.74) is 2.33. The molecule has 1 saturated heterocycles. The maximum atomic E-state index is 14.5. The Balaban J connectivity index is 1.30. The molecule has 1 fully saturated rings. The predicted molar refractivity (Wildman–Crippen MR) is 187 cm³/mol. The molecule has 0 radical (unpaired) electrons. The van der Waals surface area contributed by atoms with Crippen LogP contribution in [-0.2, 0) is 26.5 Å². The second kappa shape index (κ2) is 10.6. The van der Waals surface area contributed by atoms with Crippen LogP contribution in [0.1, 0.15) is 66.6 Å². The smallest absolute Gasteiger partial charge is 0.407 e. The number of carbonyl (C=O) groups excluding carboxylic acids is 3. The van der Waals surface area contributed by atoms with Gasteiger partial charge in [-0.05, 0) is 45.4 Å². The van der Waals surface area contributed by atoms with E-state index in [2.05, 4.69) is 9.88 Å². The fraction of sp³-hybridized carbons (Fsp3) is 0.308. The van der Waals surface area contributed by atoms with Crippen molar-refractivity contribution in [2.45, 2.75) is 70.4 Å². The minimum atomic E-state index is -1.41. The van der Waals surface area contributed by atoms with Crippen molar-refractivity contribution in [2.24, 2.45) is 0 Å². The minimum absolute atomic E-state index is 0.207. The molecule has 11 heteroatoms. The van der Waals surface area contributed by atoms with Crippen LogP contribution in [0.4, 0.5) is 4.79 Å². The highest BCUT2D eigenvalue weighted by atomic mass is 16.6. The van der Waals surface area contributed by atoms with Crippen LogP contribution in [0, 0.1) is 0 Å². The van der Waals surface area contributed by atoms with Gasteiger partial charge in [0.2, 0.25) is 0 Å². The van der Waals surface area contributed by atoms with Gasteiger partial charge in [-0.15, -0.1) is 0 Å². The summed E-state index contributed by atoms with van der Waals surface area (Å²) in [5, 5.41) is 17.9. The van der Waals surface area contributed by atoms with Gasteiger partial charge in [-0.1, -0.05) is 66.7 Å². The first-order valence-electron chi connectivity index (χ1n) is 16.8. The number of para-hydroxylation sites is 2. The van der Waals surface area contributed by atoms with Crippen LogP contribution in [0.25, 0.3) is 43.6 Å². The summed E-state index contributed by atoms with van der Waals surface area (Å²) in [5.74, 6) is -0.869. The molecule has 3 amide bonds. The molecular formula is C39H36N4O7. The zero-order valence-electron chi connectivity index (χ0n) is 28.1. The van der Waals surface area contributed by atoms with Gasteiger partial charge >= 0.3 is 6.09 Å². The van der Waals surface area contributed by atoms with Crippen LogP contribution in [-0.4, -0.2) is 61.5 Å². The first-order chi connectivity index (χ1) is 24.0. The van der Waals surface area contributed by atoms with E-state index in [0.717, 1.165) is 27.4 Å². The van der Waals surface area contributed by atoms with Crippen molar-refractivity contribution in [3.05, 3.63) is 95.6 Å². The van der Waals surface area contributed by atoms with Gasteiger partial charge in [0.25, 0.3) is 11.8 Å². The van der Waals surface area contributed by atoms with Gasteiger partial charge in [-0.25, -0.2) is 9.69 Å². The fourth-order valence-electron chi connectivity index (χ4n) is 8.27. The molecule has 9 rings (SSSR count). The lowest BCUT2D eigenvalue weighted by Crippen LogP contribution is -2.60. The van der Waals surface area contributed by atoms with Crippen LogP contribution < -0.4 is 5.32 Å². The number of imide groups is 1. The Bertz CT molecular complexity index is 2420. The Morgan fingerprint density at radius 1 is 0.900 bits per heavy atom. The van der Waals surface area contributed by atoms with Crippen molar-refractivity contribution in [3.8, 4) is 0 Å². The van der Waals surface area contributed by atoms with E-state index in [1.54, 1.807) is 20.8 Å². The third-order valence-corrected chi connectivity index (χ3v) is 10.2. The average molecular weight is 673 g/mol. The van der Waals surface area contributed by atoms with E-state index in [1.165, 1.54) is 4.90 Å². The number of amides is 3. The third-order valence-electron chi connectivity index (χ3n) is 10.2. The number of ether oxygens (including phenoxy) is 3. The van der Waals surface area contributed by atoms with E-state index in [9.17, 15) is 19.5 Å². The Kier molecular flexibility index (Phi) is 6.55. The molecule has 0 spiro atoms. The summed E-state index contributed by atoms with van der Waals surface area (Å²) in [7, 11) is 0. The van der Waals surface area contributed by atoms with E-state index in [1.807, 2.05) is 90.4 Å². The van der Waals surface area contributed by atoms with E-state index in [4.69, 9.17) is 14.2 Å². The zero-order chi connectivity index (χ0) is 34.7. The number of hydrogen-bond acceptors (Lipinski definition) is 7. The normalized spacial score (nSPS) is 23.0. The van der Waals surface area contributed by atoms with Crippen molar-refractivity contribution in [2.75, 3.05) is 6.73 Å². The maximum Gasteiger partial charge on any atom is 0.407 e. The standard InChI is InChI=1S/C39H36N4O7/c1-38(2,3)50-37(47)40-24-18-27-42-25-16-10-8-14-22(25)28-30-31(36(46)41(35(30)45)20-48-19-21-12-6-5-7-13-21)29-23-15-9-11-17-26(23)43(33(29)32(28)42)39(4,49-27)34(24)44/h5-17,24,27,34,44H,18-20H2,1-4H3,(H,40,47)/t24-,27-,34-,39+/m1/s1. The number of aliphatic hydroxyl groups excluding tert-OH is 1. The maximum absolute atomic E-state index is 14.5. The van der Waals surface area contributed by atoms with Crippen molar-refractivity contribution < 1.29 is 33.7 Å². The summed E-state index contributed by atoms with van der Waals surface area (Å²) in [6.07, 6.45) is -2.30. The van der Waals surface area contributed by atoms with Gasteiger partial charge in [0.05, 0.1) is 45.8 Å². The first-order valence-corrected chi connectivity index (χ1v) is 16.8. The molecule has 0 aliphatic carbocycles. The molecule has 0 unspecified atom stereocenters. The number of aromatic nitrogens is 2. The molecule has 4 aromatic carbocycles. The van der Waals surface area contributed by atoms with Gasteiger partial charge < -0.3 is 33.8 Å². The van der Waals surface area contributed by atoms with Crippen molar-refractivity contribution >= 4 is 61.5 Å². The molecule has 3 aliphatic rings. The van der Waals surface area contributed by atoms with Gasteiger partial charge in [-0.3, -0.25) is 9.59 Å². The van der Waals surface area contributed by atoms with Crippen LogP contribution in [0.15, 0.2) is 78.9 Å². The second-order valence-corrected chi connectivity index (χ2v) is 14.5. The van der Waals surface area contributed by atoms with E-state index >= 15 is 0 Å².